The second kappa shape index (κ2) is 8.65. The summed E-state index contributed by atoms with van der Waals surface area (Å²) in [5, 5.41) is 5.48. The standard InChI is InChI=1S/C19H21N3O3/c1-13-10-15(21-19(24)12-20)7-8-17(13)22-18(23)9-6-14-4-3-5-16(11-14)25-2/h3-11H,12,20H2,1-2H3,(H,21,24)(H,22,23)/b9-6+. The molecule has 2 amide bonds. The predicted octanol–water partition coefficient (Wildman–Crippen LogP) is 2.55. The highest BCUT2D eigenvalue weighted by Gasteiger charge is 2.05. The van der Waals surface area contributed by atoms with Gasteiger partial charge >= 0.3 is 0 Å². The van der Waals surface area contributed by atoms with Gasteiger partial charge in [-0.1, -0.05) is 12.1 Å². The minimum Gasteiger partial charge on any atom is -0.497 e. The van der Waals surface area contributed by atoms with Crippen molar-refractivity contribution in [2.24, 2.45) is 5.73 Å². The minimum atomic E-state index is -0.266. The number of nitrogens with two attached hydrogens (primary N) is 1. The van der Waals surface area contributed by atoms with Crippen LogP contribution < -0.4 is 21.1 Å². The number of carbonyl (C=O) groups is 2. The number of methoxy groups -OCH3 is 1. The molecule has 6 nitrogen and oxygen atoms in total. The number of hydrogen-bond acceptors (Lipinski definition) is 4. The molecule has 2 aromatic carbocycles. The van der Waals surface area contributed by atoms with E-state index in [9.17, 15) is 9.59 Å². The lowest BCUT2D eigenvalue weighted by atomic mass is 10.1. The minimum absolute atomic E-state index is 0.0768. The molecule has 0 saturated carbocycles. The van der Waals surface area contributed by atoms with Crippen molar-refractivity contribution < 1.29 is 14.3 Å². The lowest BCUT2D eigenvalue weighted by molar-refractivity contribution is -0.115. The summed E-state index contributed by atoms with van der Waals surface area (Å²) in [6.45, 7) is 1.77. The van der Waals surface area contributed by atoms with Gasteiger partial charge in [0.05, 0.1) is 13.7 Å². The number of ether oxygens (including phenoxy) is 1. The molecular formula is C19H21N3O3. The lowest BCUT2D eigenvalue weighted by Crippen LogP contribution is -2.21. The largest absolute Gasteiger partial charge is 0.497 e. The molecule has 0 aromatic heterocycles. The first-order valence-electron chi connectivity index (χ1n) is 7.75. The maximum Gasteiger partial charge on any atom is 0.248 e. The summed E-state index contributed by atoms with van der Waals surface area (Å²) in [6, 6.07) is 12.6. The van der Waals surface area contributed by atoms with Crippen molar-refractivity contribution >= 4 is 29.3 Å². The maximum absolute atomic E-state index is 12.1. The second-order valence-corrected chi connectivity index (χ2v) is 5.38. The summed E-state index contributed by atoms with van der Waals surface area (Å²) >= 11 is 0. The fourth-order valence-electron chi connectivity index (χ4n) is 2.19. The molecule has 0 unspecified atom stereocenters. The first-order chi connectivity index (χ1) is 12.0. The first-order valence-corrected chi connectivity index (χ1v) is 7.75. The summed E-state index contributed by atoms with van der Waals surface area (Å²) < 4.78 is 5.15. The van der Waals surface area contributed by atoms with E-state index >= 15 is 0 Å². The van der Waals surface area contributed by atoms with Crippen molar-refractivity contribution in [3.05, 3.63) is 59.7 Å². The zero-order valence-corrected chi connectivity index (χ0v) is 14.2. The number of rotatable bonds is 6. The van der Waals surface area contributed by atoms with Crippen LogP contribution in [0.15, 0.2) is 48.5 Å². The third-order valence-electron chi connectivity index (χ3n) is 3.47. The molecule has 0 aliphatic rings. The molecule has 0 aliphatic carbocycles. The van der Waals surface area contributed by atoms with Crippen LogP contribution in [0.5, 0.6) is 5.75 Å². The molecule has 25 heavy (non-hydrogen) atoms. The molecule has 0 heterocycles. The van der Waals surface area contributed by atoms with E-state index < -0.39 is 0 Å². The van der Waals surface area contributed by atoms with Crippen molar-refractivity contribution in [3.63, 3.8) is 0 Å². The van der Waals surface area contributed by atoms with E-state index in [-0.39, 0.29) is 18.4 Å². The lowest BCUT2D eigenvalue weighted by Gasteiger charge is -2.09. The number of hydrogen-bond donors (Lipinski definition) is 3. The van der Waals surface area contributed by atoms with Crippen molar-refractivity contribution in [1.29, 1.82) is 0 Å². The molecule has 0 fully saturated rings. The molecule has 0 radical (unpaired) electrons. The Morgan fingerprint density at radius 2 is 1.96 bits per heavy atom. The summed E-state index contributed by atoms with van der Waals surface area (Å²) in [5.74, 6) is 0.218. The van der Waals surface area contributed by atoms with E-state index in [0.717, 1.165) is 16.9 Å². The van der Waals surface area contributed by atoms with E-state index in [1.807, 2.05) is 31.2 Å². The summed E-state index contributed by atoms with van der Waals surface area (Å²) in [4.78, 5) is 23.4. The topological polar surface area (TPSA) is 93.5 Å². The van der Waals surface area contributed by atoms with Crippen LogP contribution in [-0.2, 0) is 9.59 Å². The van der Waals surface area contributed by atoms with E-state index in [1.54, 1.807) is 31.4 Å². The van der Waals surface area contributed by atoms with Gasteiger partial charge in [0.15, 0.2) is 0 Å². The van der Waals surface area contributed by atoms with Gasteiger partial charge in [0.2, 0.25) is 11.8 Å². The van der Waals surface area contributed by atoms with Crippen LogP contribution in [0, 0.1) is 6.92 Å². The highest BCUT2D eigenvalue weighted by molar-refractivity contribution is 6.02. The second-order valence-electron chi connectivity index (χ2n) is 5.38. The van der Waals surface area contributed by atoms with Gasteiger partial charge in [-0.15, -0.1) is 0 Å². The average molecular weight is 339 g/mol. The van der Waals surface area contributed by atoms with Crippen molar-refractivity contribution in [2.75, 3.05) is 24.3 Å². The quantitative estimate of drug-likeness (QED) is 0.705. The Morgan fingerprint density at radius 1 is 1.16 bits per heavy atom. The molecule has 6 heteroatoms. The van der Waals surface area contributed by atoms with Gasteiger partial charge in [-0.05, 0) is 54.5 Å². The smallest absolute Gasteiger partial charge is 0.248 e. The Morgan fingerprint density at radius 3 is 2.64 bits per heavy atom. The van der Waals surface area contributed by atoms with Gasteiger partial charge in [0.1, 0.15) is 5.75 Å². The monoisotopic (exact) mass is 339 g/mol. The third kappa shape index (κ3) is 5.47. The van der Waals surface area contributed by atoms with Crippen LogP contribution in [0.2, 0.25) is 0 Å². The molecule has 0 spiro atoms. The molecule has 0 saturated heterocycles. The summed E-state index contributed by atoms with van der Waals surface area (Å²) in [7, 11) is 1.60. The van der Waals surface area contributed by atoms with Gasteiger partial charge in [-0.25, -0.2) is 0 Å². The highest BCUT2D eigenvalue weighted by atomic mass is 16.5. The zero-order chi connectivity index (χ0) is 18.2. The fourth-order valence-corrected chi connectivity index (χ4v) is 2.19. The highest BCUT2D eigenvalue weighted by Crippen LogP contribution is 2.20. The normalized spacial score (nSPS) is 10.5. The average Bonchev–Trinajstić information content (AvgIpc) is 2.62. The van der Waals surface area contributed by atoms with E-state index in [2.05, 4.69) is 10.6 Å². The molecule has 2 aromatic rings. The number of amides is 2. The molecule has 0 bridgehead atoms. The Bertz CT molecular complexity index is 800. The van der Waals surface area contributed by atoms with E-state index in [1.165, 1.54) is 6.08 Å². The number of nitrogens with one attached hydrogen (secondary N) is 2. The Labute approximate surface area is 146 Å². The molecule has 130 valence electrons. The van der Waals surface area contributed by atoms with Gasteiger partial charge in [0, 0.05) is 17.5 Å². The van der Waals surface area contributed by atoms with Gasteiger partial charge in [0.25, 0.3) is 0 Å². The predicted molar refractivity (Wildman–Crippen MR) is 99.5 cm³/mol. The van der Waals surface area contributed by atoms with Crippen LogP contribution in [0.4, 0.5) is 11.4 Å². The van der Waals surface area contributed by atoms with Crippen LogP contribution in [0.25, 0.3) is 6.08 Å². The summed E-state index contributed by atoms with van der Waals surface area (Å²) in [6.07, 6.45) is 3.17. The molecule has 0 aliphatic heterocycles. The van der Waals surface area contributed by atoms with Crippen LogP contribution in [-0.4, -0.2) is 25.5 Å². The Kier molecular flexibility index (Phi) is 6.31. The number of aryl methyl sites for hydroxylation is 1. The number of anilines is 2. The van der Waals surface area contributed by atoms with Crippen LogP contribution in [0.3, 0.4) is 0 Å². The number of carbonyl (C=O) groups excluding carboxylic acids is 2. The SMILES string of the molecule is COc1cccc(/C=C/C(=O)Nc2ccc(NC(=O)CN)cc2C)c1. The van der Waals surface area contributed by atoms with E-state index in [0.29, 0.717) is 11.4 Å². The van der Waals surface area contributed by atoms with Crippen molar-refractivity contribution in [2.45, 2.75) is 6.92 Å². The summed E-state index contributed by atoms with van der Waals surface area (Å²) in [5.41, 5.74) is 8.28. The molecular weight excluding hydrogens is 318 g/mol. The Hall–Kier alpha value is -3.12. The maximum atomic E-state index is 12.1. The van der Waals surface area contributed by atoms with Crippen LogP contribution >= 0.6 is 0 Å². The molecule has 4 N–H and O–H groups in total. The Balaban J connectivity index is 2.02. The first kappa shape index (κ1) is 18.2. The molecule has 0 atom stereocenters. The van der Waals surface area contributed by atoms with Crippen molar-refractivity contribution in [3.8, 4) is 5.75 Å². The van der Waals surface area contributed by atoms with Gasteiger partial charge in [-0.3, -0.25) is 9.59 Å². The zero-order valence-electron chi connectivity index (χ0n) is 14.2. The van der Waals surface area contributed by atoms with Gasteiger partial charge in [-0.2, -0.15) is 0 Å². The van der Waals surface area contributed by atoms with E-state index in [4.69, 9.17) is 10.5 Å². The van der Waals surface area contributed by atoms with Crippen LogP contribution in [0.1, 0.15) is 11.1 Å². The number of benzene rings is 2. The third-order valence-corrected chi connectivity index (χ3v) is 3.47. The fraction of sp³-hybridized carbons (Fsp3) is 0.158. The molecule has 2 rings (SSSR count). The van der Waals surface area contributed by atoms with Gasteiger partial charge < -0.3 is 21.1 Å². The van der Waals surface area contributed by atoms with Crippen molar-refractivity contribution in [1.82, 2.24) is 0 Å².